The van der Waals surface area contributed by atoms with E-state index in [2.05, 4.69) is 68.7 Å². The Hall–Kier alpha value is -0.281. The molecule has 158 valence electrons. The van der Waals surface area contributed by atoms with E-state index in [0.717, 1.165) is 9.98 Å². The molecule has 0 N–H and O–H groups in total. The van der Waals surface area contributed by atoms with Crippen LogP contribution in [-0.4, -0.2) is 33.9 Å². The van der Waals surface area contributed by atoms with E-state index in [1.807, 2.05) is 0 Å². The molecule has 0 unspecified atom stereocenters. The zero-order valence-corrected chi connectivity index (χ0v) is 21.8. The quantitative estimate of drug-likeness (QED) is 0.190. The molecule has 0 saturated carbocycles. The molecular weight excluding hydrogens is 445 g/mol. The minimum absolute atomic E-state index is 0.840. The first-order valence-electron chi connectivity index (χ1n) is 12.1. The van der Waals surface area contributed by atoms with Gasteiger partial charge in [-0.2, -0.15) is 0 Å². The summed E-state index contributed by atoms with van der Waals surface area (Å²) in [6.45, 7) is 13.7. The molecule has 2 heteroatoms. The van der Waals surface area contributed by atoms with Crippen LogP contribution in [-0.2, 0) is 6.54 Å². The second-order valence-electron chi connectivity index (χ2n) is 9.23. The van der Waals surface area contributed by atoms with E-state index in [9.17, 15) is 0 Å². The van der Waals surface area contributed by atoms with Gasteiger partial charge in [0, 0.05) is 0 Å². The molecule has 1 aromatic rings. The Labute approximate surface area is 179 Å². The Morgan fingerprint density at radius 1 is 0.964 bits per heavy atom. The third-order valence-corrected chi connectivity index (χ3v) is 24.3. The third kappa shape index (κ3) is 6.90. The maximum absolute atomic E-state index is 4.07. The molecule has 1 heterocycles. The van der Waals surface area contributed by atoms with Gasteiger partial charge in [0.25, 0.3) is 0 Å². The number of allylic oxidation sites excluding steroid dienone is 1. The van der Waals surface area contributed by atoms with Crippen molar-refractivity contribution in [3.05, 3.63) is 48.6 Å². The summed E-state index contributed by atoms with van der Waals surface area (Å²) >= 11 is -2.26. The molecule has 1 aromatic carbocycles. The molecule has 1 aliphatic rings. The summed E-state index contributed by atoms with van der Waals surface area (Å²) in [5.74, 6) is 0.840. The fourth-order valence-corrected chi connectivity index (χ4v) is 24.7. The summed E-state index contributed by atoms with van der Waals surface area (Å²) in [6, 6.07) is 11.2. The second kappa shape index (κ2) is 13.1. The summed E-state index contributed by atoms with van der Waals surface area (Å²) in [5.41, 5.74) is 1.51. The number of nitrogens with zero attached hydrogens (tertiary/aromatic N) is 1. The van der Waals surface area contributed by atoms with Crippen molar-refractivity contribution in [3.8, 4) is 0 Å². The SMILES string of the molecule is C=CC[C@H]1C[C@H]([Sn]([CH2]CCC)([CH2]CCC)[CH2]CCC)N(Cc2ccccc2)C1. The van der Waals surface area contributed by atoms with E-state index in [1.165, 1.54) is 70.0 Å². The van der Waals surface area contributed by atoms with Gasteiger partial charge in [0.1, 0.15) is 0 Å². The van der Waals surface area contributed by atoms with Crippen molar-refractivity contribution < 1.29 is 0 Å². The molecule has 0 aromatic heterocycles. The van der Waals surface area contributed by atoms with Crippen LogP contribution in [0.2, 0.25) is 13.3 Å². The van der Waals surface area contributed by atoms with E-state index >= 15 is 0 Å². The van der Waals surface area contributed by atoms with Gasteiger partial charge in [-0.15, -0.1) is 0 Å². The molecule has 1 saturated heterocycles. The van der Waals surface area contributed by atoms with Gasteiger partial charge >= 0.3 is 180 Å². The summed E-state index contributed by atoms with van der Waals surface area (Å²) in [7, 11) is 0. The van der Waals surface area contributed by atoms with Crippen LogP contribution < -0.4 is 0 Å². The Bertz CT molecular complexity index is 519. The second-order valence-corrected chi connectivity index (χ2v) is 23.2. The van der Waals surface area contributed by atoms with Gasteiger partial charge in [0.15, 0.2) is 0 Å². The number of hydrogen-bond acceptors (Lipinski definition) is 1. The molecule has 1 nitrogen and oxygen atoms in total. The van der Waals surface area contributed by atoms with Crippen molar-refractivity contribution in [3.63, 3.8) is 0 Å². The number of benzene rings is 1. The number of hydrogen-bond donors (Lipinski definition) is 0. The van der Waals surface area contributed by atoms with Crippen LogP contribution >= 0.6 is 0 Å². The van der Waals surface area contributed by atoms with Gasteiger partial charge in [-0.3, -0.25) is 0 Å². The van der Waals surface area contributed by atoms with E-state index < -0.39 is 18.4 Å². The van der Waals surface area contributed by atoms with Crippen molar-refractivity contribution in [1.29, 1.82) is 0 Å². The van der Waals surface area contributed by atoms with Gasteiger partial charge in [0.05, 0.1) is 0 Å². The van der Waals surface area contributed by atoms with Crippen molar-refractivity contribution in [2.75, 3.05) is 6.54 Å². The molecule has 28 heavy (non-hydrogen) atoms. The Morgan fingerprint density at radius 2 is 1.54 bits per heavy atom. The minimum atomic E-state index is -2.26. The van der Waals surface area contributed by atoms with Crippen molar-refractivity contribution in [1.82, 2.24) is 4.90 Å². The van der Waals surface area contributed by atoms with E-state index in [1.54, 1.807) is 13.3 Å². The molecule has 0 radical (unpaired) electrons. The molecule has 0 aliphatic carbocycles. The van der Waals surface area contributed by atoms with Crippen LogP contribution in [0, 0.1) is 5.92 Å². The predicted octanol–water partition coefficient (Wildman–Crippen LogP) is 7.84. The Balaban J connectivity index is 2.30. The monoisotopic (exact) mass is 491 g/mol. The molecule has 1 fully saturated rings. The Morgan fingerprint density at radius 3 is 2.04 bits per heavy atom. The molecule has 0 bridgehead atoms. The van der Waals surface area contributed by atoms with E-state index in [0.29, 0.717) is 0 Å². The first kappa shape index (κ1) is 24.0. The molecule has 2 atom stereocenters. The fraction of sp³-hybridized carbons (Fsp3) is 0.692. The van der Waals surface area contributed by atoms with Crippen LogP contribution in [0.3, 0.4) is 0 Å². The molecule has 2 rings (SSSR count). The van der Waals surface area contributed by atoms with Crippen LogP contribution in [0.4, 0.5) is 0 Å². The molecule has 1 aliphatic heterocycles. The molecule has 0 amide bonds. The molecule has 0 spiro atoms. The summed E-state index contributed by atoms with van der Waals surface area (Å²) in [6.07, 6.45) is 13.4. The van der Waals surface area contributed by atoms with Gasteiger partial charge in [-0.05, 0) is 0 Å². The normalized spacial score (nSPS) is 20.5. The van der Waals surface area contributed by atoms with E-state index in [-0.39, 0.29) is 0 Å². The van der Waals surface area contributed by atoms with Gasteiger partial charge < -0.3 is 0 Å². The zero-order chi connectivity index (χ0) is 20.2. The van der Waals surface area contributed by atoms with E-state index in [4.69, 9.17) is 0 Å². The topological polar surface area (TPSA) is 3.24 Å². The number of likely N-dealkylation sites (tertiary alicyclic amines) is 1. The average Bonchev–Trinajstić information content (AvgIpc) is 3.11. The van der Waals surface area contributed by atoms with Crippen LogP contribution in [0.1, 0.15) is 77.7 Å². The van der Waals surface area contributed by atoms with Crippen molar-refractivity contribution >= 4 is 18.4 Å². The standard InChI is InChI=1S/C14H18N.3C4H9.Sn/c1-2-6-13-9-10-15(11-13)12-14-7-4-3-5-8-14;3*1-3-4-2;/h2-5,7-8,10,13H,1,6,9,11-12H2;3*1,3-4H2,2H3;/t13-;;;;/m0..../s1. The van der Waals surface area contributed by atoms with Gasteiger partial charge in [0.2, 0.25) is 0 Å². The summed E-state index contributed by atoms with van der Waals surface area (Å²) in [4.78, 5) is 2.96. The number of rotatable bonds is 14. The first-order valence-corrected chi connectivity index (χ1v) is 19.8. The van der Waals surface area contributed by atoms with Gasteiger partial charge in [-0.25, -0.2) is 0 Å². The first-order chi connectivity index (χ1) is 13.7. The van der Waals surface area contributed by atoms with Crippen LogP contribution in [0.5, 0.6) is 0 Å². The third-order valence-electron chi connectivity index (χ3n) is 7.01. The Kier molecular flexibility index (Phi) is 11.2. The van der Waals surface area contributed by atoms with Crippen LogP contribution in [0.25, 0.3) is 0 Å². The fourth-order valence-electron chi connectivity index (χ4n) is 5.50. The molecular formula is C26H45NSn. The van der Waals surface area contributed by atoms with Gasteiger partial charge in [-0.1, -0.05) is 0 Å². The predicted molar refractivity (Wildman–Crippen MR) is 128 cm³/mol. The summed E-state index contributed by atoms with van der Waals surface area (Å²) in [5, 5.41) is 0. The van der Waals surface area contributed by atoms with Crippen molar-refractivity contribution in [2.45, 2.75) is 96.1 Å². The summed E-state index contributed by atoms with van der Waals surface area (Å²) < 4.78 is 5.83. The maximum atomic E-state index is 4.07. The average molecular weight is 490 g/mol. The van der Waals surface area contributed by atoms with Crippen molar-refractivity contribution in [2.24, 2.45) is 5.92 Å². The number of unbranched alkanes of at least 4 members (excludes halogenated alkanes) is 3. The zero-order valence-electron chi connectivity index (χ0n) is 19.0. The van der Waals surface area contributed by atoms with Crippen LogP contribution in [0.15, 0.2) is 43.0 Å².